The van der Waals surface area contributed by atoms with Crippen LogP contribution < -0.4 is 4.90 Å². The van der Waals surface area contributed by atoms with E-state index in [2.05, 4.69) is 28.5 Å². The Bertz CT molecular complexity index is 632. The number of carbonyl (C=O) groups excluding carboxylic acids is 1. The minimum atomic E-state index is 0.211. The van der Waals surface area contributed by atoms with E-state index in [1.165, 1.54) is 12.8 Å². The van der Waals surface area contributed by atoms with Crippen LogP contribution >= 0.6 is 0 Å². The molecule has 3 aliphatic rings. The number of ketones is 1. The quantitative estimate of drug-likeness (QED) is 0.803. The zero-order valence-corrected chi connectivity index (χ0v) is 16.3. The van der Waals surface area contributed by atoms with Crippen molar-refractivity contribution in [2.75, 3.05) is 31.1 Å². The van der Waals surface area contributed by atoms with Gasteiger partial charge in [-0.15, -0.1) is 0 Å². The topological polar surface area (TPSA) is 52.6 Å². The van der Waals surface area contributed by atoms with E-state index in [0.717, 1.165) is 50.7 Å². The zero-order chi connectivity index (χ0) is 18.3. The molecule has 4 heterocycles. The first-order valence-corrected chi connectivity index (χ1v) is 10.1. The highest BCUT2D eigenvalue weighted by Crippen LogP contribution is 2.33. The van der Waals surface area contributed by atoms with Crippen molar-refractivity contribution in [2.45, 2.75) is 64.7 Å². The molecule has 3 saturated heterocycles. The van der Waals surface area contributed by atoms with Gasteiger partial charge in [-0.25, -0.2) is 9.97 Å². The molecule has 0 amide bonds. The number of likely N-dealkylation sites (tertiary alicyclic amines) is 2. The smallest absolute Gasteiger partial charge is 0.225 e. The maximum atomic E-state index is 11.5. The van der Waals surface area contributed by atoms with Crippen LogP contribution in [0, 0.1) is 5.92 Å². The summed E-state index contributed by atoms with van der Waals surface area (Å²) in [7, 11) is 0. The van der Waals surface area contributed by atoms with E-state index < -0.39 is 0 Å². The lowest BCUT2D eigenvalue weighted by Crippen LogP contribution is -2.56. The van der Waals surface area contributed by atoms with Gasteiger partial charge in [0.05, 0.1) is 0 Å². The average molecular weight is 358 g/mol. The van der Waals surface area contributed by atoms with Crippen molar-refractivity contribution < 1.29 is 4.79 Å². The first-order chi connectivity index (χ1) is 12.5. The van der Waals surface area contributed by atoms with Crippen molar-refractivity contribution in [2.24, 2.45) is 5.92 Å². The minimum Gasteiger partial charge on any atom is -0.332 e. The summed E-state index contributed by atoms with van der Waals surface area (Å²) in [6, 6.07) is 1.72. The van der Waals surface area contributed by atoms with Crippen LogP contribution in [0.1, 0.15) is 45.6 Å². The van der Waals surface area contributed by atoms with E-state index in [-0.39, 0.29) is 5.92 Å². The lowest BCUT2D eigenvalue weighted by Gasteiger charge is -2.42. The highest BCUT2D eigenvalue weighted by atomic mass is 16.1. The molecular weight excluding hydrogens is 326 g/mol. The number of nitrogens with zero attached hydrogens (tertiary/aromatic N) is 5. The van der Waals surface area contributed by atoms with Crippen LogP contribution in [0.2, 0.25) is 0 Å². The van der Waals surface area contributed by atoms with Crippen LogP contribution in [0.4, 0.5) is 5.95 Å². The summed E-state index contributed by atoms with van der Waals surface area (Å²) in [5.41, 5.74) is 1.14. The molecule has 1 aromatic rings. The van der Waals surface area contributed by atoms with E-state index in [1.807, 2.05) is 12.4 Å². The average Bonchev–Trinajstić information content (AvgIpc) is 3.18. The van der Waals surface area contributed by atoms with Gasteiger partial charge >= 0.3 is 0 Å². The summed E-state index contributed by atoms with van der Waals surface area (Å²) in [4.78, 5) is 28.4. The number of Topliss-reactive ketones (excluding diaryl/α,β-unsaturated/α-hetero) is 1. The summed E-state index contributed by atoms with van der Waals surface area (Å²) in [5.74, 6) is 1.42. The fraction of sp³-hybridized carbons (Fsp3) is 0.750. The van der Waals surface area contributed by atoms with Crippen LogP contribution in [0.25, 0.3) is 0 Å². The van der Waals surface area contributed by atoms with E-state index in [4.69, 9.17) is 9.97 Å². The maximum absolute atomic E-state index is 11.5. The van der Waals surface area contributed by atoms with E-state index in [1.54, 1.807) is 6.92 Å². The molecular formula is C20H31N5O. The van der Waals surface area contributed by atoms with Crippen LogP contribution in [-0.4, -0.2) is 69.9 Å². The predicted molar refractivity (Wildman–Crippen MR) is 102 cm³/mol. The van der Waals surface area contributed by atoms with Crippen LogP contribution in [-0.2, 0) is 11.3 Å². The van der Waals surface area contributed by atoms with Gasteiger partial charge < -0.3 is 4.90 Å². The summed E-state index contributed by atoms with van der Waals surface area (Å²) in [6.07, 6.45) is 7.45. The monoisotopic (exact) mass is 357 g/mol. The van der Waals surface area contributed by atoms with Gasteiger partial charge in [-0.05, 0) is 46.6 Å². The molecule has 0 N–H and O–H groups in total. The number of hydrogen-bond donors (Lipinski definition) is 0. The third kappa shape index (κ3) is 3.49. The predicted octanol–water partition coefficient (Wildman–Crippen LogP) is 1.95. The lowest BCUT2D eigenvalue weighted by molar-refractivity contribution is -0.120. The lowest BCUT2D eigenvalue weighted by atomic mass is 10.1. The van der Waals surface area contributed by atoms with E-state index in [9.17, 15) is 4.79 Å². The van der Waals surface area contributed by atoms with Crippen molar-refractivity contribution in [1.29, 1.82) is 0 Å². The molecule has 0 aliphatic carbocycles. The number of anilines is 1. The molecule has 0 saturated carbocycles. The van der Waals surface area contributed by atoms with E-state index >= 15 is 0 Å². The molecule has 6 heteroatoms. The van der Waals surface area contributed by atoms with Gasteiger partial charge in [-0.1, -0.05) is 0 Å². The molecule has 26 heavy (non-hydrogen) atoms. The molecule has 3 atom stereocenters. The van der Waals surface area contributed by atoms with Gasteiger partial charge in [-0.3, -0.25) is 14.6 Å². The van der Waals surface area contributed by atoms with Gasteiger partial charge in [0, 0.05) is 68.2 Å². The third-order valence-electron chi connectivity index (χ3n) is 6.42. The van der Waals surface area contributed by atoms with Crippen LogP contribution in [0.5, 0.6) is 0 Å². The molecule has 2 bridgehead atoms. The van der Waals surface area contributed by atoms with Gasteiger partial charge in [-0.2, -0.15) is 0 Å². The van der Waals surface area contributed by atoms with Crippen molar-refractivity contribution in [3.05, 3.63) is 18.0 Å². The Morgan fingerprint density at radius 2 is 1.77 bits per heavy atom. The Morgan fingerprint density at radius 1 is 1.12 bits per heavy atom. The SMILES string of the molecule is CC(=O)[C@@H]1CCN(Cc2cnc(N3C4CCC3CN(C(C)C)C4)nc2)C1. The second-order valence-electron chi connectivity index (χ2n) is 8.56. The standard InChI is InChI=1S/C20H31N5O/c1-14(2)24-12-18-4-5-19(13-24)25(18)20-21-8-16(9-22-20)10-23-7-6-17(11-23)15(3)26/h8-9,14,17-19H,4-7,10-13H2,1-3H3/t17-,18?,19?/m1/s1. The number of hydrogen-bond acceptors (Lipinski definition) is 6. The molecule has 6 nitrogen and oxygen atoms in total. The molecule has 142 valence electrons. The molecule has 0 radical (unpaired) electrons. The summed E-state index contributed by atoms with van der Waals surface area (Å²) >= 11 is 0. The third-order valence-corrected chi connectivity index (χ3v) is 6.42. The largest absolute Gasteiger partial charge is 0.332 e. The Balaban J connectivity index is 1.39. The number of rotatable bonds is 5. The van der Waals surface area contributed by atoms with Gasteiger partial charge in [0.15, 0.2) is 0 Å². The first-order valence-electron chi connectivity index (χ1n) is 10.1. The zero-order valence-electron chi connectivity index (χ0n) is 16.3. The van der Waals surface area contributed by atoms with Crippen molar-refractivity contribution in [3.8, 4) is 0 Å². The number of aromatic nitrogens is 2. The molecule has 3 fully saturated rings. The molecule has 4 rings (SSSR count). The maximum Gasteiger partial charge on any atom is 0.225 e. The Hall–Kier alpha value is -1.53. The Labute approximate surface area is 156 Å². The van der Waals surface area contributed by atoms with E-state index in [0.29, 0.717) is 23.9 Å². The number of carbonyl (C=O) groups is 1. The summed E-state index contributed by atoms with van der Waals surface area (Å²) < 4.78 is 0. The van der Waals surface area contributed by atoms with Gasteiger partial charge in [0.1, 0.15) is 5.78 Å². The first kappa shape index (κ1) is 17.9. The van der Waals surface area contributed by atoms with Crippen molar-refractivity contribution in [3.63, 3.8) is 0 Å². The Morgan fingerprint density at radius 3 is 2.31 bits per heavy atom. The highest BCUT2D eigenvalue weighted by molar-refractivity contribution is 5.78. The molecule has 0 spiro atoms. The fourth-order valence-electron chi connectivity index (χ4n) is 4.81. The van der Waals surface area contributed by atoms with Gasteiger partial charge in [0.25, 0.3) is 0 Å². The normalized spacial score (nSPS) is 29.7. The van der Waals surface area contributed by atoms with Gasteiger partial charge in [0.2, 0.25) is 5.95 Å². The van der Waals surface area contributed by atoms with Crippen molar-refractivity contribution in [1.82, 2.24) is 19.8 Å². The number of piperazine rings is 1. The van der Waals surface area contributed by atoms with Crippen molar-refractivity contribution >= 4 is 11.7 Å². The second-order valence-corrected chi connectivity index (χ2v) is 8.56. The molecule has 2 unspecified atom stereocenters. The molecule has 3 aliphatic heterocycles. The van der Waals surface area contributed by atoms with Crippen LogP contribution in [0.15, 0.2) is 12.4 Å². The Kier molecular flexibility index (Phi) is 4.97. The molecule has 1 aromatic heterocycles. The summed E-state index contributed by atoms with van der Waals surface area (Å²) in [6.45, 7) is 11.2. The van der Waals surface area contributed by atoms with Crippen LogP contribution in [0.3, 0.4) is 0 Å². The minimum absolute atomic E-state index is 0.211. The number of fused-ring (bicyclic) bond motifs is 2. The fourth-order valence-corrected chi connectivity index (χ4v) is 4.81. The highest BCUT2D eigenvalue weighted by Gasteiger charge is 2.41. The second kappa shape index (κ2) is 7.24. The molecule has 0 aromatic carbocycles. The summed E-state index contributed by atoms with van der Waals surface area (Å²) in [5, 5.41) is 0.